The van der Waals surface area contributed by atoms with Crippen LogP contribution in [0.1, 0.15) is 51.4 Å². The summed E-state index contributed by atoms with van der Waals surface area (Å²) in [5.74, 6) is -2.02. The third-order valence-corrected chi connectivity index (χ3v) is 8.99. The second-order valence-corrected chi connectivity index (χ2v) is 11.5. The fourth-order valence-electron chi connectivity index (χ4n) is 6.64. The fraction of sp³-hybridized carbons (Fsp3) is 0.654. The van der Waals surface area contributed by atoms with Crippen LogP contribution in [0.2, 0.25) is 0 Å². The highest BCUT2D eigenvalue weighted by Crippen LogP contribution is 2.60. The summed E-state index contributed by atoms with van der Waals surface area (Å²) in [6, 6.07) is 8.52. The Hall–Kier alpha value is -1.97. The van der Waals surface area contributed by atoms with Crippen LogP contribution in [0.5, 0.6) is 0 Å². The SMILES string of the molecule is O=C(NC1CCCCC1)C1N(CCCCO)C(=O)[C@@H]2[C@@H](C(=O)Nc3ccccc3)[C@@H]3OC12CC3Br. The Morgan fingerprint density at radius 3 is 2.57 bits per heavy atom. The number of nitrogens with zero attached hydrogens (tertiary/aromatic N) is 1. The third kappa shape index (κ3) is 4.40. The Kier molecular flexibility index (Phi) is 7.19. The van der Waals surface area contributed by atoms with Gasteiger partial charge in [0.05, 0.1) is 17.9 Å². The molecule has 4 fully saturated rings. The largest absolute Gasteiger partial charge is 0.396 e. The Morgan fingerprint density at radius 1 is 1.11 bits per heavy atom. The number of benzene rings is 1. The molecule has 3 heterocycles. The van der Waals surface area contributed by atoms with Crippen molar-refractivity contribution in [3.8, 4) is 0 Å². The van der Waals surface area contributed by atoms with Crippen LogP contribution >= 0.6 is 15.9 Å². The maximum Gasteiger partial charge on any atom is 0.246 e. The Labute approximate surface area is 214 Å². The van der Waals surface area contributed by atoms with E-state index in [1.807, 2.05) is 30.3 Å². The first-order valence-electron chi connectivity index (χ1n) is 12.9. The van der Waals surface area contributed by atoms with E-state index in [0.29, 0.717) is 31.5 Å². The molecule has 3 N–H and O–H groups in total. The molecule has 190 valence electrons. The highest BCUT2D eigenvalue weighted by molar-refractivity contribution is 9.09. The maximum absolute atomic E-state index is 13.9. The average Bonchev–Trinajstić information content (AvgIpc) is 3.44. The van der Waals surface area contributed by atoms with Crippen molar-refractivity contribution in [3.63, 3.8) is 0 Å². The predicted octanol–water partition coefficient (Wildman–Crippen LogP) is 2.59. The van der Waals surface area contributed by atoms with E-state index in [2.05, 4.69) is 26.6 Å². The molecule has 0 radical (unpaired) electrons. The number of para-hydroxylation sites is 1. The van der Waals surface area contributed by atoms with Gasteiger partial charge < -0.3 is 25.4 Å². The monoisotopic (exact) mass is 547 g/mol. The van der Waals surface area contributed by atoms with Crippen LogP contribution in [0.3, 0.4) is 0 Å². The van der Waals surface area contributed by atoms with Gasteiger partial charge in [0.15, 0.2) is 0 Å². The van der Waals surface area contributed by atoms with E-state index in [1.165, 1.54) is 6.42 Å². The van der Waals surface area contributed by atoms with E-state index < -0.39 is 29.6 Å². The second kappa shape index (κ2) is 10.2. The van der Waals surface area contributed by atoms with Crippen LogP contribution in [0.25, 0.3) is 0 Å². The maximum atomic E-state index is 13.9. The summed E-state index contributed by atoms with van der Waals surface area (Å²) in [5, 5.41) is 15.5. The van der Waals surface area contributed by atoms with Crippen molar-refractivity contribution in [3.05, 3.63) is 30.3 Å². The van der Waals surface area contributed by atoms with Gasteiger partial charge >= 0.3 is 0 Å². The lowest BCUT2D eigenvalue weighted by Gasteiger charge is -2.35. The number of unbranched alkanes of at least 4 members (excludes halogenated alkanes) is 1. The van der Waals surface area contributed by atoms with Crippen molar-refractivity contribution in [1.29, 1.82) is 0 Å². The van der Waals surface area contributed by atoms with Crippen molar-refractivity contribution in [1.82, 2.24) is 10.2 Å². The number of aliphatic hydroxyl groups is 1. The van der Waals surface area contributed by atoms with Crippen LogP contribution in [-0.4, -0.2) is 69.5 Å². The molecule has 1 aromatic rings. The van der Waals surface area contributed by atoms with Gasteiger partial charge in [0, 0.05) is 29.7 Å². The number of rotatable bonds is 8. The fourth-order valence-corrected chi connectivity index (χ4v) is 7.58. The van der Waals surface area contributed by atoms with Crippen LogP contribution in [0.4, 0.5) is 5.69 Å². The number of aliphatic hydroxyl groups excluding tert-OH is 1. The van der Waals surface area contributed by atoms with Gasteiger partial charge in [-0.3, -0.25) is 14.4 Å². The van der Waals surface area contributed by atoms with E-state index in [-0.39, 0.29) is 35.2 Å². The average molecular weight is 548 g/mol. The Balaban J connectivity index is 1.44. The van der Waals surface area contributed by atoms with Crippen molar-refractivity contribution in [2.45, 2.75) is 80.0 Å². The van der Waals surface area contributed by atoms with Crippen molar-refractivity contribution >= 4 is 39.3 Å². The van der Waals surface area contributed by atoms with E-state index in [0.717, 1.165) is 25.7 Å². The molecule has 1 aromatic carbocycles. The van der Waals surface area contributed by atoms with Gasteiger partial charge in [-0.05, 0) is 44.2 Å². The number of hydrogen-bond donors (Lipinski definition) is 3. The zero-order valence-corrected chi connectivity index (χ0v) is 21.4. The number of hydrogen-bond acceptors (Lipinski definition) is 5. The zero-order chi connectivity index (χ0) is 24.6. The summed E-state index contributed by atoms with van der Waals surface area (Å²) in [6.45, 7) is 0.383. The third-order valence-electron chi connectivity index (χ3n) is 8.14. The number of anilines is 1. The standard InChI is InChI=1S/C26H34BrN3O5/c27-18-15-26-20(19(21(18)35-26)23(32)28-16-9-3-1-4-10-16)25(34)30(13-7-8-14-31)22(26)24(33)29-17-11-5-2-6-12-17/h1,3-4,9-10,17-22,31H,2,5-8,11-15H2,(H,28,32)(H,29,33)/t18?,19-,20+,21-,22?,26?/m1/s1. The van der Waals surface area contributed by atoms with Crippen molar-refractivity contribution in [2.75, 3.05) is 18.5 Å². The smallest absolute Gasteiger partial charge is 0.246 e. The van der Waals surface area contributed by atoms with Crippen LogP contribution in [-0.2, 0) is 19.1 Å². The molecule has 2 bridgehead atoms. The molecule has 3 saturated heterocycles. The normalized spacial score (nSPS) is 34.2. The van der Waals surface area contributed by atoms with Crippen LogP contribution in [0, 0.1) is 11.8 Å². The van der Waals surface area contributed by atoms with Gasteiger partial charge in [0.25, 0.3) is 0 Å². The minimum absolute atomic E-state index is 0.0275. The van der Waals surface area contributed by atoms with Gasteiger partial charge in [0.1, 0.15) is 11.6 Å². The number of likely N-dealkylation sites (tertiary alicyclic amines) is 1. The van der Waals surface area contributed by atoms with Crippen LogP contribution in [0.15, 0.2) is 30.3 Å². The number of fused-ring (bicyclic) bond motifs is 1. The first-order chi connectivity index (χ1) is 17.0. The molecule has 5 rings (SSSR count). The van der Waals surface area contributed by atoms with Crippen molar-refractivity contribution in [2.24, 2.45) is 11.8 Å². The van der Waals surface area contributed by atoms with Gasteiger partial charge in [0.2, 0.25) is 17.7 Å². The van der Waals surface area contributed by atoms with E-state index >= 15 is 0 Å². The lowest BCUT2D eigenvalue weighted by Crippen LogP contribution is -2.57. The number of amides is 3. The summed E-state index contributed by atoms with van der Waals surface area (Å²) < 4.78 is 6.52. The summed E-state index contributed by atoms with van der Waals surface area (Å²) in [4.78, 5) is 42.6. The van der Waals surface area contributed by atoms with E-state index in [1.54, 1.807) is 4.90 Å². The molecule has 35 heavy (non-hydrogen) atoms. The summed E-state index contributed by atoms with van der Waals surface area (Å²) >= 11 is 3.70. The molecular formula is C26H34BrN3O5. The Bertz CT molecular complexity index is 956. The lowest BCUT2D eigenvalue weighted by molar-refractivity contribution is -0.141. The number of halogens is 1. The molecule has 3 unspecified atom stereocenters. The molecular weight excluding hydrogens is 514 g/mol. The molecule has 1 aliphatic carbocycles. The number of alkyl halides is 1. The summed E-state index contributed by atoms with van der Waals surface area (Å²) in [7, 11) is 0. The topological polar surface area (TPSA) is 108 Å². The molecule has 8 nitrogen and oxygen atoms in total. The number of nitrogens with one attached hydrogen (secondary N) is 2. The summed E-state index contributed by atoms with van der Waals surface area (Å²) in [6.07, 6.45) is 6.40. The minimum atomic E-state index is -1.04. The van der Waals surface area contributed by atoms with E-state index in [9.17, 15) is 19.5 Å². The van der Waals surface area contributed by atoms with Gasteiger partial charge in [-0.25, -0.2) is 0 Å². The Morgan fingerprint density at radius 2 is 1.86 bits per heavy atom. The van der Waals surface area contributed by atoms with Gasteiger partial charge in [-0.2, -0.15) is 0 Å². The number of carbonyl (C=O) groups is 3. The molecule has 0 aromatic heterocycles. The molecule has 9 heteroatoms. The van der Waals surface area contributed by atoms with Gasteiger partial charge in [-0.15, -0.1) is 0 Å². The predicted molar refractivity (Wildman–Crippen MR) is 134 cm³/mol. The first-order valence-corrected chi connectivity index (χ1v) is 13.8. The quantitative estimate of drug-likeness (QED) is 0.342. The molecule has 6 atom stereocenters. The van der Waals surface area contributed by atoms with Crippen molar-refractivity contribution < 1.29 is 24.2 Å². The minimum Gasteiger partial charge on any atom is -0.396 e. The van der Waals surface area contributed by atoms with Crippen LogP contribution < -0.4 is 10.6 Å². The highest BCUT2D eigenvalue weighted by atomic mass is 79.9. The molecule has 1 spiro atoms. The lowest BCUT2D eigenvalue weighted by atomic mass is 9.70. The van der Waals surface area contributed by atoms with E-state index in [4.69, 9.17) is 4.74 Å². The highest BCUT2D eigenvalue weighted by Gasteiger charge is 2.76. The molecule has 3 aliphatic heterocycles. The first kappa shape index (κ1) is 24.7. The molecule has 3 amide bonds. The number of ether oxygens (including phenoxy) is 1. The van der Waals surface area contributed by atoms with Gasteiger partial charge in [-0.1, -0.05) is 53.4 Å². The second-order valence-electron chi connectivity index (χ2n) is 10.3. The summed E-state index contributed by atoms with van der Waals surface area (Å²) in [5.41, 5.74) is -0.371. The number of carbonyl (C=O) groups excluding carboxylic acids is 3. The molecule has 4 aliphatic rings. The zero-order valence-electron chi connectivity index (χ0n) is 19.8. The molecule has 1 saturated carbocycles.